The van der Waals surface area contributed by atoms with Crippen LogP contribution in [0, 0.1) is 0 Å². The second-order valence-electron chi connectivity index (χ2n) is 4.25. The standard InChI is InChI=1S/C12H18N4O3/c1-18-10-4-3-7(5-11(10)19-2)8-6-9(16-15-8)12(17)14-13/h3-5,8-9,15-16H,6,13H2,1-2H3,(H,14,17). The van der Waals surface area contributed by atoms with Crippen LogP contribution in [0.3, 0.4) is 0 Å². The van der Waals surface area contributed by atoms with Crippen LogP contribution in [0.2, 0.25) is 0 Å². The van der Waals surface area contributed by atoms with Gasteiger partial charge < -0.3 is 9.47 Å². The van der Waals surface area contributed by atoms with Crippen molar-refractivity contribution in [2.75, 3.05) is 14.2 Å². The maximum atomic E-state index is 11.4. The Morgan fingerprint density at radius 3 is 2.68 bits per heavy atom. The molecule has 1 fully saturated rings. The first-order chi connectivity index (χ1) is 9.19. The molecule has 2 unspecified atom stereocenters. The number of hydrogen-bond acceptors (Lipinski definition) is 6. The highest BCUT2D eigenvalue weighted by Gasteiger charge is 2.30. The van der Waals surface area contributed by atoms with Gasteiger partial charge in [0.1, 0.15) is 6.04 Å². The molecule has 1 heterocycles. The van der Waals surface area contributed by atoms with Gasteiger partial charge in [-0.05, 0) is 24.1 Å². The Balaban J connectivity index is 2.13. The molecule has 1 saturated heterocycles. The summed E-state index contributed by atoms with van der Waals surface area (Å²) in [6, 6.07) is 5.33. The van der Waals surface area contributed by atoms with Gasteiger partial charge in [-0.25, -0.2) is 16.7 Å². The van der Waals surface area contributed by atoms with E-state index in [4.69, 9.17) is 15.3 Å². The lowest BCUT2D eigenvalue weighted by Gasteiger charge is -2.13. The second-order valence-corrected chi connectivity index (χ2v) is 4.25. The number of amides is 1. The molecular weight excluding hydrogens is 248 g/mol. The van der Waals surface area contributed by atoms with Crippen LogP contribution in [0.15, 0.2) is 18.2 Å². The van der Waals surface area contributed by atoms with E-state index >= 15 is 0 Å². The van der Waals surface area contributed by atoms with E-state index in [2.05, 4.69) is 16.3 Å². The number of benzene rings is 1. The van der Waals surface area contributed by atoms with Gasteiger partial charge in [-0.3, -0.25) is 10.2 Å². The molecule has 2 atom stereocenters. The molecule has 19 heavy (non-hydrogen) atoms. The van der Waals surface area contributed by atoms with Crippen molar-refractivity contribution in [2.24, 2.45) is 5.84 Å². The first-order valence-electron chi connectivity index (χ1n) is 5.93. The molecule has 0 bridgehead atoms. The average molecular weight is 266 g/mol. The molecule has 0 aromatic heterocycles. The number of carbonyl (C=O) groups is 1. The summed E-state index contributed by atoms with van der Waals surface area (Å²) in [6.45, 7) is 0. The zero-order valence-corrected chi connectivity index (χ0v) is 10.9. The van der Waals surface area contributed by atoms with Crippen LogP contribution in [0.4, 0.5) is 0 Å². The first-order valence-corrected chi connectivity index (χ1v) is 5.93. The Morgan fingerprint density at radius 2 is 2.05 bits per heavy atom. The zero-order valence-electron chi connectivity index (χ0n) is 10.9. The third-order valence-electron chi connectivity index (χ3n) is 3.17. The maximum Gasteiger partial charge on any atom is 0.252 e. The fourth-order valence-corrected chi connectivity index (χ4v) is 2.12. The maximum absolute atomic E-state index is 11.4. The molecule has 0 spiro atoms. The van der Waals surface area contributed by atoms with Gasteiger partial charge in [0.05, 0.1) is 14.2 Å². The van der Waals surface area contributed by atoms with E-state index in [0.29, 0.717) is 17.9 Å². The van der Waals surface area contributed by atoms with Crippen LogP contribution in [0.5, 0.6) is 11.5 Å². The van der Waals surface area contributed by atoms with Gasteiger partial charge in [0.15, 0.2) is 11.5 Å². The van der Waals surface area contributed by atoms with Crippen molar-refractivity contribution < 1.29 is 14.3 Å². The molecule has 1 aromatic rings. The molecule has 1 amide bonds. The Kier molecular flexibility index (Phi) is 4.20. The number of nitrogens with two attached hydrogens (primary N) is 1. The monoisotopic (exact) mass is 266 g/mol. The van der Waals surface area contributed by atoms with Gasteiger partial charge in [0.25, 0.3) is 5.91 Å². The van der Waals surface area contributed by atoms with Crippen LogP contribution >= 0.6 is 0 Å². The molecule has 1 aliphatic rings. The number of hydrazine groups is 2. The summed E-state index contributed by atoms with van der Waals surface area (Å²) in [4.78, 5) is 11.4. The van der Waals surface area contributed by atoms with E-state index in [9.17, 15) is 4.79 Å². The Hall–Kier alpha value is -1.83. The minimum atomic E-state index is -0.344. The summed E-state index contributed by atoms with van der Waals surface area (Å²) in [5.41, 5.74) is 9.12. The van der Waals surface area contributed by atoms with Crippen LogP contribution < -0.4 is 31.6 Å². The Bertz CT molecular complexity index is 466. The molecule has 1 aromatic carbocycles. The number of nitrogens with one attached hydrogen (secondary N) is 3. The van der Waals surface area contributed by atoms with E-state index in [1.807, 2.05) is 18.2 Å². The van der Waals surface area contributed by atoms with Crippen molar-refractivity contribution in [3.05, 3.63) is 23.8 Å². The molecule has 1 aliphatic heterocycles. The van der Waals surface area contributed by atoms with Crippen LogP contribution in [-0.4, -0.2) is 26.2 Å². The topological polar surface area (TPSA) is 97.6 Å². The summed E-state index contributed by atoms with van der Waals surface area (Å²) in [6.07, 6.45) is 0.610. The third-order valence-corrected chi connectivity index (χ3v) is 3.17. The number of methoxy groups -OCH3 is 2. The smallest absolute Gasteiger partial charge is 0.252 e. The predicted octanol–water partition coefficient (Wildman–Crippen LogP) is -0.399. The molecule has 104 valence electrons. The van der Waals surface area contributed by atoms with Gasteiger partial charge >= 0.3 is 0 Å². The number of ether oxygens (including phenoxy) is 2. The van der Waals surface area contributed by atoms with Crippen LogP contribution in [0.25, 0.3) is 0 Å². The van der Waals surface area contributed by atoms with Crippen molar-refractivity contribution in [1.82, 2.24) is 16.3 Å². The summed E-state index contributed by atoms with van der Waals surface area (Å²) < 4.78 is 10.4. The van der Waals surface area contributed by atoms with Gasteiger partial charge in [-0.1, -0.05) is 6.07 Å². The van der Waals surface area contributed by atoms with E-state index in [1.165, 1.54) is 0 Å². The minimum Gasteiger partial charge on any atom is -0.493 e. The molecule has 2 rings (SSSR count). The van der Waals surface area contributed by atoms with Gasteiger partial charge in [0.2, 0.25) is 0 Å². The SMILES string of the molecule is COc1ccc(C2CC(C(=O)NN)NN2)cc1OC. The lowest BCUT2D eigenvalue weighted by atomic mass is 10.0. The molecule has 5 N–H and O–H groups in total. The second kappa shape index (κ2) is 5.87. The number of hydrogen-bond donors (Lipinski definition) is 4. The fraction of sp³-hybridized carbons (Fsp3) is 0.417. The quantitative estimate of drug-likeness (QED) is 0.336. The summed E-state index contributed by atoms with van der Waals surface area (Å²) in [5, 5.41) is 0. The van der Waals surface area contributed by atoms with Crippen molar-refractivity contribution in [1.29, 1.82) is 0 Å². The minimum absolute atomic E-state index is 0.0158. The van der Waals surface area contributed by atoms with Gasteiger partial charge in [-0.2, -0.15) is 0 Å². The molecule has 0 radical (unpaired) electrons. The van der Waals surface area contributed by atoms with Crippen molar-refractivity contribution >= 4 is 5.91 Å². The van der Waals surface area contributed by atoms with Crippen molar-refractivity contribution in [2.45, 2.75) is 18.5 Å². The highest BCUT2D eigenvalue weighted by Crippen LogP contribution is 2.32. The zero-order chi connectivity index (χ0) is 13.8. The predicted molar refractivity (Wildman–Crippen MR) is 69.3 cm³/mol. The Labute approximate surface area is 111 Å². The molecule has 7 nitrogen and oxygen atoms in total. The lowest BCUT2D eigenvalue weighted by molar-refractivity contribution is -0.122. The Morgan fingerprint density at radius 1 is 1.32 bits per heavy atom. The highest BCUT2D eigenvalue weighted by atomic mass is 16.5. The summed E-state index contributed by atoms with van der Waals surface area (Å²) in [7, 11) is 3.18. The fourth-order valence-electron chi connectivity index (χ4n) is 2.12. The van der Waals surface area contributed by atoms with Crippen molar-refractivity contribution in [3.63, 3.8) is 0 Å². The number of carbonyl (C=O) groups excluding carboxylic acids is 1. The van der Waals surface area contributed by atoms with Crippen molar-refractivity contribution in [3.8, 4) is 11.5 Å². The number of rotatable bonds is 4. The normalized spacial score (nSPS) is 22.1. The first kappa shape index (κ1) is 13.6. The highest BCUT2D eigenvalue weighted by molar-refractivity contribution is 5.81. The molecule has 0 aliphatic carbocycles. The van der Waals surface area contributed by atoms with E-state index in [0.717, 1.165) is 5.56 Å². The third kappa shape index (κ3) is 2.78. The van der Waals surface area contributed by atoms with E-state index in [-0.39, 0.29) is 18.0 Å². The molecule has 0 saturated carbocycles. The summed E-state index contributed by atoms with van der Waals surface area (Å²) >= 11 is 0. The van der Waals surface area contributed by atoms with E-state index in [1.54, 1.807) is 14.2 Å². The van der Waals surface area contributed by atoms with E-state index < -0.39 is 0 Å². The van der Waals surface area contributed by atoms with Gasteiger partial charge in [0, 0.05) is 6.04 Å². The van der Waals surface area contributed by atoms with Crippen LogP contribution in [-0.2, 0) is 4.79 Å². The molecular formula is C12H18N4O3. The molecule has 7 heteroatoms. The summed E-state index contributed by atoms with van der Waals surface area (Å²) in [5.74, 6) is 6.21. The lowest BCUT2D eigenvalue weighted by Crippen LogP contribution is -2.45. The van der Waals surface area contributed by atoms with Crippen LogP contribution in [0.1, 0.15) is 18.0 Å². The largest absolute Gasteiger partial charge is 0.493 e. The van der Waals surface area contributed by atoms with Gasteiger partial charge in [-0.15, -0.1) is 0 Å². The average Bonchev–Trinajstić information content (AvgIpc) is 2.95.